The van der Waals surface area contributed by atoms with Crippen molar-refractivity contribution >= 4 is 34.6 Å². The number of benzene rings is 1. The molecule has 4 atom stereocenters. The van der Waals surface area contributed by atoms with Gasteiger partial charge in [0.05, 0.1) is 6.61 Å². The number of H-pyrrole nitrogens is 1. The Balaban J connectivity index is 2.17. The zero-order valence-electron chi connectivity index (χ0n) is 17.2. The average molecular weight is 433 g/mol. The van der Waals surface area contributed by atoms with Crippen LogP contribution in [0.1, 0.15) is 19.4 Å². The number of rotatable bonds is 10. The van der Waals surface area contributed by atoms with Crippen LogP contribution in [0.3, 0.4) is 0 Å². The number of para-hydroxylation sites is 1. The molecule has 1 heterocycles. The number of nitrogens with one attached hydrogen (secondary N) is 4. The molecule has 168 valence electrons. The summed E-state index contributed by atoms with van der Waals surface area (Å²) in [7, 11) is 0. The zero-order valence-corrected chi connectivity index (χ0v) is 17.2. The van der Waals surface area contributed by atoms with Crippen molar-refractivity contribution in [3.05, 3.63) is 36.0 Å². The number of carbonyl (C=O) groups is 4. The van der Waals surface area contributed by atoms with E-state index in [0.29, 0.717) is 0 Å². The van der Waals surface area contributed by atoms with E-state index in [9.17, 15) is 19.2 Å². The molecule has 0 saturated carbocycles. The van der Waals surface area contributed by atoms with Crippen molar-refractivity contribution in [2.45, 2.75) is 44.4 Å². The van der Waals surface area contributed by atoms with Crippen molar-refractivity contribution < 1.29 is 29.4 Å². The minimum absolute atomic E-state index is 0.0968. The summed E-state index contributed by atoms with van der Waals surface area (Å²) in [6.45, 7) is 2.09. The lowest BCUT2D eigenvalue weighted by molar-refractivity contribution is -0.141. The maximum Gasteiger partial charge on any atom is 0.325 e. The van der Waals surface area contributed by atoms with Gasteiger partial charge in [0.1, 0.15) is 24.2 Å². The number of amides is 3. The molecule has 11 nitrogen and oxygen atoms in total. The van der Waals surface area contributed by atoms with Crippen LogP contribution in [0.15, 0.2) is 30.5 Å². The third-order valence-corrected chi connectivity index (χ3v) is 4.75. The Kier molecular flexibility index (Phi) is 8.11. The summed E-state index contributed by atoms with van der Waals surface area (Å²) < 4.78 is 0. The number of aromatic nitrogens is 1. The zero-order chi connectivity index (χ0) is 23.1. The SMILES string of the molecule is CC(NC(=O)C(C)NC(=O)C(Cc1c[nH]c2ccccc12)NC(=O)C(N)CO)C(=O)O. The second kappa shape index (κ2) is 10.5. The van der Waals surface area contributed by atoms with Gasteiger partial charge in [-0.1, -0.05) is 18.2 Å². The fourth-order valence-corrected chi connectivity index (χ4v) is 2.87. The average Bonchev–Trinajstić information content (AvgIpc) is 3.15. The van der Waals surface area contributed by atoms with Crippen LogP contribution in [-0.2, 0) is 25.6 Å². The Morgan fingerprint density at radius 3 is 2.29 bits per heavy atom. The first-order chi connectivity index (χ1) is 14.6. The Bertz CT molecular complexity index is 958. The minimum atomic E-state index is -1.21. The predicted molar refractivity (Wildman–Crippen MR) is 112 cm³/mol. The van der Waals surface area contributed by atoms with Crippen molar-refractivity contribution in [3.8, 4) is 0 Å². The first kappa shape index (κ1) is 23.8. The fraction of sp³-hybridized carbons (Fsp3) is 0.400. The number of aliphatic carboxylic acids is 1. The molecule has 0 spiro atoms. The van der Waals surface area contributed by atoms with Crippen LogP contribution >= 0.6 is 0 Å². The number of carboxylic acid groups (broad SMARTS) is 1. The normalized spacial score (nSPS) is 14.8. The van der Waals surface area contributed by atoms with Crippen LogP contribution in [0, 0.1) is 0 Å². The van der Waals surface area contributed by atoms with Crippen molar-refractivity contribution in [1.29, 1.82) is 0 Å². The number of carboxylic acids is 1. The van der Waals surface area contributed by atoms with Crippen molar-refractivity contribution in [2.24, 2.45) is 5.73 Å². The molecule has 2 aromatic rings. The standard InChI is InChI=1S/C20H27N5O6/c1-10(17(27)24-11(2)20(30)31)23-19(29)16(25-18(28)14(21)9-26)7-12-8-22-15-6-4-3-5-13(12)15/h3-6,8,10-11,14,16,22,26H,7,9,21H2,1-2H3,(H,23,29)(H,24,27)(H,25,28)(H,30,31). The largest absolute Gasteiger partial charge is 0.480 e. The van der Waals surface area contributed by atoms with Gasteiger partial charge in [-0.05, 0) is 25.5 Å². The second-order valence-electron chi connectivity index (χ2n) is 7.21. The molecule has 0 aliphatic carbocycles. The van der Waals surface area contributed by atoms with Crippen LogP contribution < -0.4 is 21.7 Å². The Labute approximate surface area is 178 Å². The molecule has 0 bridgehead atoms. The van der Waals surface area contributed by atoms with E-state index in [1.165, 1.54) is 13.8 Å². The summed E-state index contributed by atoms with van der Waals surface area (Å²) in [4.78, 5) is 51.2. The summed E-state index contributed by atoms with van der Waals surface area (Å²) in [5.74, 6) is -3.28. The molecular weight excluding hydrogens is 406 g/mol. The number of aliphatic hydroxyl groups is 1. The topological polar surface area (TPSA) is 187 Å². The molecule has 4 unspecified atom stereocenters. The molecule has 0 fully saturated rings. The lowest BCUT2D eigenvalue weighted by atomic mass is 10.0. The highest BCUT2D eigenvalue weighted by atomic mass is 16.4. The van der Waals surface area contributed by atoms with E-state index in [1.54, 1.807) is 6.20 Å². The Morgan fingerprint density at radius 2 is 1.65 bits per heavy atom. The predicted octanol–water partition coefficient (Wildman–Crippen LogP) is -1.39. The summed E-state index contributed by atoms with van der Waals surface area (Å²) >= 11 is 0. The molecule has 0 aliphatic rings. The third-order valence-electron chi connectivity index (χ3n) is 4.75. The number of hydrogen-bond acceptors (Lipinski definition) is 6. The molecule has 31 heavy (non-hydrogen) atoms. The number of aliphatic hydroxyl groups excluding tert-OH is 1. The first-order valence-electron chi connectivity index (χ1n) is 9.69. The highest BCUT2D eigenvalue weighted by molar-refractivity contribution is 5.94. The third kappa shape index (κ3) is 6.27. The highest BCUT2D eigenvalue weighted by Crippen LogP contribution is 2.19. The van der Waals surface area contributed by atoms with Crippen LogP contribution in [0.4, 0.5) is 0 Å². The molecule has 11 heteroatoms. The summed E-state index contributed by atoms with van der Waals surface area (Å²) in [5.41, 5.74) is 7.15. The molecule has 0 aliphatic heterocycles. The molecule has 1 aromatic heterocycles. The first-order valence-corrected chi connectivity index (χ1v) is 9.69. The summed E-state index contributed by atoms with van der Waals surface area (Å²) in [6.07, 6.45) is 1.81. The van der Waals surface area contributed by atoms with Gasteiger partial charge < -0.3 is 36.9 Å². The van der Waals surface area contributed by atoms with Gasteiger partial charge in [-0.3, -0.25) is 19.2 Å². The molecule has 8 N–H and O–H groups in total. The highest BCUT2D eigenvalue weighted by Gasteiger charge is 2.28. The fourth-order valence-electron chi connectivity index (χ4n) is 2.87. The van der Waals surface area contributed by atoms with Gasteiger partial charge in [0.25, 0.3) is 0 Å². The monoisotopic (exact) mass is 433 g/mol. The number of nitrogens with two attached hydrogens (primary N) is 1. The van der Waals surface area contributed by atoms with E-state index in [4.69, 9.17) is 15.9 Å². The van der Waals surface area contributed by atoms with E-state index >= 15 is 0 Å². The maximum atomic E-state index is 12.9. The van der Waals surface area contributed by atoms with E-state index < -0.39 is 54.5 Å². The van der Waals surface area contributed by atoms with Gasteiger partial charge in [0, 0.05) is 23.5 Å². The summed E-state index contributed by atoms with van der Waals surface area (Å²) in [6, 6.07) is 2.94. The van der Waals surface area contributed by atoms with Gasteiger partial charge >= 0.3 is 5.97 Å². The number of fused-ring (bicyclic) bond motifs is 1. The minimum Gasteiger partial charge on any atom is -0.480 e. The van der Waals surface area contributed by atoms with Crippen LogP contribution in [0.25, 0.3) is 10.9 Å². The Morgan fingerprint density at radius 1 is 1.00 bits per heavy atom. The van der Waals surface area contributed by atoms with Gasteiger partial charge in [-0.15, -0.1) is 0 Å². The van der Waals surface area contributed by atoms with Gasteiger partial charge in [-0.25, -0.2) is 0 Å². The van der Waals surface area contributed by atoms with E-state index in [2.05, 4.69) is 20.9 Å². The molecular formula is C20H27N5O6. The molecule has 0 saturated heterocycles. The van der Waals surface area contributed by atoms with Crippen molar-refractivity contribution in [2.75, 3.05) is 6.61 Å². The molecule has 0 radical (unpaired) electrons. The van der Waals surface area contributed by atoms with Crippen LogP contribution in [0.2, 0.25) is 0 Å². The van der Waals surface area contributed by atoms with Gasteiger partial charge in [0.15, 0.2) is 0 Å². The van der Waals surface area contributed by atoms with E-state index in [-0.39, 0.29) is 6.42 Å². The Hall–Kier alpha value is -3.44. The number of aromatic amines is 1. The van der Waals surface area contributed by atoms with Crippen LogP contribution in [-0.4, -0.2) is 69.7 Å². The lowest BCUT2D eigenvalue weighted by Gasteiger charge is -2.22. The molecule has 2 rings (SSSR count). The second-order valence-corrected chi connectivity index (χ2v) is 7.21. The number of carbonyl (C=O) groups excluding carboxylic acids is 3. The molecule has 3 amide bonds. The van der Waals surface area contributed by atoms with Gasteiger partial charge in [-0.2, -0.15) is 0 Å². The smallest absolute Gasteiger partial charge is 0.325 e. The van der Waals surface area contributed by atoms with E-state index in [0.717, 1.165) is 16.5 Å². The van der Waals surface area contributed by atoms with Crippen LogP contribution in [0.5, 0.6) is 0 Å². The summed E-state index contributed by atoms with van der Waals surface area (Å²) in [5, 5.41) is 26.1. The van der Waals surface area contributed by atoms with Crippen molar-refractivity contribution in [1.82, 2.24) is 20.9 Å². The molecule has 1 aromatic carbocycles. The van der Waals surface area contributed by atoms with Gasteiger partial charge in [0.2, 0.25) is 17.7 Å². The van der Waals surface area contributed by atoms with Crippen molar-refractivity contribution in [3.63, 3.8) is 0 Å². The van der Waals surface area contributed by atoms with E-state index in [1.807, 2.05) is 24.3 Å². The quantitative estimate of drug-likeness (QED) is 0.240. The maximum absolute atomic E-state index is 12.9. The lowest BCUT2D eigenvalue weighted by Crippen LogP contribution is -2.57. The number of hydrogen-bond donors (Lipinski definition) is 7.